The lowest BCUT2D eigenvalue weighted by Crippen LogP contribution is -2.27. The van der Waals surface area contributed by atoms with E-state index in [0.29, 0.717) is 28.4 Å². The molecule has 2 aromatic carbocycles. The average Bonchev–Trinajstić information content (AvgIpc) is 3.56. The number of aryl methyl sites for hydroxylation is 2. The molecule has 38 heavy (non-hydrogen) atoms. The summed E-state index contributed by atoms with van der Waals surface area (Å²) < 4.78 is 33.1. The Morgan fingerprint density at radius 2 is 1.61 bits per heavy atom. The Bertz CT molecular complexity index is 1360. The molecule has 2 heterocycles. The number of amides is 1. The van der Waals surface area contributed by atoms with Crippen molar-refractivity contribution < 1.29 is 17.9 Å². The summed E-state index contributed by atoms with van der Waals surface area (Å²) in [5.74, 6) is 0.360. The van der Waals surface area contributed by atoms with Crippen LogP contribution in [0, 0.1) is 13.8 Å². The predicted molar refractivity (Wildman–Crippen MR) is 148 cm³/mol. The van der Waals surface area contributed by atoms with Gasteiger partial charge in [-0.2, -0.15) is 4.31 Å². The van der Waals surface area contributed by atoms with Crippen LogP contribution in [-0.2, 0) is 29.7 Å². The van der Waals surface area contributed by atoms with Gasteiger partial charge in [-0.15, -0.1) is 10.2 Å². The fourth-order valence-electron chi connectivity index (χ4n) is 4.73. The summed E-state index contributed by atoms with van der Waals surface area (Å²) in [6.45, 7) is 7.23. The fraction of sp³-hybridized carbons (Fsp3) is 0.444. The standard InChI is InChI=1S/C27H35N5O4S2/c1-19-14-23(36-5)15-20(2)25(19)38(34,35)31(4)18-24-28-29-26(37-24)27(33)30(3)16-21-8-10-22(11-9-21)17-32-12-6-7-13-32/h8-11,14-15H,6-7,12-13,16-18H2,1-5H3. The molecule has 0 radical (unpaired) electrons. The lowest BCUT2D eigenvalue weighted by atomic mass is 10.1. The number of carbonyl (C=O) groups excluding carboxylic acids is 1. The quantitative estimate of drug-likeness (QED) is 0.374. The highest BCUT2D eigenvalue weighted by molar-refractivity contribution is 7.89. The normalized spacial score (nSPS) is 14.3. The first kappa shape index (κ1) is 28.2. The van der Waals surface area contributed by atoms with Crippen LogP contribution in [0.1, 0.15) is 49.9 Å². The third-order valence-corrected chi connectivity index (χ3v) is 9.75. The van der Waals surface area contributed by atoms with E-state index in [-0.39, 0.29) is 22.4 Å². The minimum atomic E-state index is -3.78. The molecule has 1 fully saturated rings. The largest absolute Gasteiger partial charge is 0.497 e. The Labute approximate surface area is 229 Å². The minimum absolute atomic E-state index is 0.0143. The Morgan fingerprint density at radius 3 is 2.21 bits per heavy atom. The molecule has 0 saturated carbocycles. The van der Waals surface area contributed by atoms with E-state index in [2.05, 4.69) is 39.4 Å². The highest BCUT2D eigenvalue weighted by atomic mass is 32.2. The zero-order valence-electron chi connectivity index (χ0n) is 22.6. The highest BCUT2D eigenvalue weighted by Crippen LogP contribution is 2.29. The van der Waals surface area contributed by atoms with Crippen LogP contribution in [0.5, 0.6) is 5.75 Å². The van der Waals surface area contributed by atoms with Crippen molar-refractivity contribution in [3.63, 3.8) is 0 Å². The smallest absolute Gasteiger partial charge is 0.284 e. The van der Waals surface area contributed by atoms with Gasteiger partial charge in [-0.05, 0) is 74.2 Å². The monoisotopic (exact) mass is 557 g/mol. The number of ether oxygens (including phenoxy) is 1. The Morgan fingerprint density at radius 1 is 1.00 bits per heavy atom. The van der Waals surface area contributed by atoms with E-state index in [1.807, 2.05) is 0 Å². The average molecular weight is 558 g/mol. The van der Waals surface area contributed by atoms with Gasteiger partial charge in [0.1, 0.15) is 10.8 Å². The van der Waals surface area contributed by atoms with Crippen LogP contribution < -0.4 is 4.74 Å². The summed E-state index contributed by atoms with van der Waals surface area (Å²) in [6.07, 6.45) is 2.54. The van der Waals surface area contributed by atoms with Crippen molar-refractivity contribution in [1.82, 2.24) is 24.3 Å². The number of rotatable bonds is 10. The number of nitrogens with zero attached hydrogens (tertiary/aromatic N) is 5. The number of hydrogen-bond acceptors (Lipinski definition) is 8. The van der Waals surface area contributed by atoms with E-state index in [1.54, 1.807) is 45.0 Å². The van der Waals surface area contributed by atoms with Gasteiger partial charge >= 0.3 is 0 Å². The van der Waals surface area contributed by atoms with Gasteiger partial charge in [0.2, 0.25) is 15.0 Å². The summed E-state index contributed by atoms with van der Waals surface area (Å²) in [6, 6.07) is 11.8. The second-order valence-electron chi connectivity index (χ2n) is 9.81. The summed E-state index contributed by atoms with van der Waals surface area (Å²) in [5.41, 5.74) is 3.52. The SMILES string of the molecule is COc1cc(C)c(S(=O)(=O)N(C)Cc2nnc(C(=O)N(C)Cc3ccc(CN4CCCC4)cc3)s2)c(C)c1. The summed E-state index contributed by atoms with van der Waals surface area (Å²) in [7, 11) is 0.994. The molecule has 0 aliphatic carbocycles. The third-order valence-electron chi connectivity index (χ3n) is 6.74. The van der Waals surface area contributed by atoms with Crippen LogP contribution >= 0.6 is 11.3 Å². The Kier molecular flexibility index (Phi) is 8.81. The minimum Gasteiger partial charge on any atom is -0.497 e. The molecule has 1 aromatic heterocycles. The maximum Gasteiger partial charge on any atom is 0.284 e. The van der Waals surface area contributed by atoms with Gasteiger partial charge in [0, 0.05) is 27.2 Å². The molecule has 3 aromatic rings. The molecular weight excluding hydrogens is 522 g/mol. The van der Waals surface area contributed by atoms with Crippen molar-refractivity contribution in [1.29, 1.82) is 0 Å². The van der Waals surface area contributed by atoms with Crippen LogP contribution in [0.2, 0.25) is 0 Å². The van der Waals surface area contributed by atoms with Crippen LogP contribution in [0.3, 0.4) is 0 Å². The summed E-state index contributed by atoms with van der Waals surface area (Å²) in [5, 5.41) is 8.83. The Balaban J connectivity index is 1.38. The molecule has 0 spiro atoms. The zero-order valence-corrected chi connectivity index (χ0v) is 24.2. The molecule has 0 unspecified atom stereocenters. The molecule has 0 atom stereocenters. The van der Waals surface area contributed by atoms with Gasteiger partial charge in [0.05, 0.1) is 18.6 Å². The van der Waals surface area contributed by atoms with Crippen molar-refractivity contribution >= 4 is 27.3 Å². The number of likely N-dealkylation sites (tertiary alicyclic amines) is 1. The number of methoxy groups -OCH3 is 1. The molecule has 1 aliphatic heterocycles. The van der Waals surface area contributed by atoms with Gasteiger partial charge in [-0.3, -0.25) is 9.69 Å². The molecule has 1 amide bonds. The maximum atomic E-state index is 13.3. The van der Waals surface area contributed by atoms with Gasteiger partial charge in [-0.25, -0.2) is 8.42 Å². The van der Waals surface area contributed by atoms with E-state index in [1.165, 1.54) is 29.8 Å². The van der Waals surface area contributed by atoms with E-state index in [4.69, 9.17) is 4.74 Å². The second-order valence-corrected chi connectivity index (χ2v) is 12.9. The van der Waals surface area contributed by atoms with E-state index in [0.717, 1.165) is 36.5 Å². The first-order valence-corrected chi connectivity index (χ1v) is 14.8. The number of carbonyl (C=O) groups is 1. The number of hydrogen-bond donors (Lipinski definition) is 0. The first-order valence-electron chi connectivity index (χ1n) is 12.6. The predicted octanol–water partition coefficient (Wildman–Crippen LogP) is 3.85. The van der Waals surface area contributed by atoms with E-state index >= 15 is 0 Å². The van der Waals surface area contributed by atoms with Crippen LogP contribution in [0.15, 0.2) is 41.3 Å². The fourth-order valence-corrected chi connectivity index (χ4v) is 7.23. The molecule has 0 bridgehead atoms. The number of aromatic nitrogens is 2. The van der Waals surface area contributed by atoms with Gasteiger partial charge < -0.3 is 9.64 Å². The highest BCUT2D eigenvalue weighted by Gasteiger charge is 2.27. The van der Waals surface area contributed by atoms with Crippen molar-refractivity contribution in [2.75, 3.05) is 34.3 Å². The topological polar surface area (TPSA) is 95.9 Å². The van der Waals surface area contributed by atoms with E-state index in [9.17, 15) is 13.2 Å². The maximum absolute atomic E-state index is 13.3. The molecule has 4 rings (SSSR count). The third kappa shape index (κ3) is 6.40. The van der Waals surface area contributed by atoms with Crippen molar-refractivity contribution in [2.45, 2.75) is 51.2 Å². The summed E-state index contributed by atoms with van der Waals surface area (Å²) in [4.78, 5) is 17.3. The lowest BCUT2D eigenvalue weighted by Gasteiger charge is -2.19. The molecule has 11 heteroatoms. The van der Waals surface area contributed by atoms with Crippen LogP contribution in [0.25, 0.3) is 0 Å². The lowest BCUT2D eigenvalue weighted by molar-refractivity contribution is 0.0784. The van der Waals surface area contributed by atoms with Crippen LogP contribution in [0.4, 0.5) is 0 Å². The van der Waals surface area contributed by atoms with Gasteiger partial charge in [0.15, 0.2) is 0 Å². The Hall–Kier alpha value is -2.86. The molecule has 1 aliphatic rings. The van der Waals surface area contributed by atoms with Crippen molar-refractivity contribution in [2.24, 2.45) is 0 Å². The molecular formula is C27H35N5O4S2. The van der Waals surface area contributed by atoms with Gasteiger partial charge in [0.25, 0.3) is 5.91 Å². The van der Waals surface area contributed by atoms with Crippen molar-refractivity contribution in [3.05, 3.63) is 68.7 Å². The zero-order chi connectivity index (χ0) is 27.4. The second kappa shape index (κ2) is 11.9. The summed E-state index contributed by atoms with van der Waals surface area (Å²) >= 11 is 1.11. The number of sulfonamides is 1. The first-order chi connectivity index (χ1) is 18.1. The van der Waals surface area contributed by atoms with Crippen LogP contribution in [-0.4, -0.2) is 72.9 Å². The molecule has 9 nitrogen and oxygen atoms in total. The van der Waals surface area contributed by atoms with Gasteiger partial charge in [-0.1, -0.05) is 35.6 Å². The number of benzene rings is 2. The van der Waals surface area contributed by atoms with E-state index < -0.39 is 10.0 Å². The molecule has 1 saturated heterocycles. The molecule has 204 valence electrons. The van der Waals surface area contributed by atoms with Crippen molar-refractivity contribution in [3.8, 4) is 5.75 Å². The molecule has 0 N–H and O–H groups in total.